The van der Waals surface area contributed by atoms with Crippen LogP contribution in [0.5, 0.6) is 11.5 Å². The third-order valence-electron chi connectivity index (χ3n) is 3.85. The predicted molar refractivity (Wildman–Crippen MR) is 87.3 cm³/mol. The van der Waals surface area contributed by atoms with Crippen LogP contribution in [0, 0.1) is 22.7 Å². The molecule has 2 rings (SSSR count). The second-order valence-corrected chi connectivity index (χ2v) is 5.09. The van der Waals surface area contributed by atoms with Crippen LogP contribution in [0.15, 0.2) is 48.5 Å². The lowest BCUT2D eigenvalue weighted by Gasteiger charge is -2.22. The average molecular weight is 306 g/mol. The predicted octanol–water partition coefficient (Wildman–Crippen LogP) is 4.01. The number of ether oxygens (including phenoxy) is 2. The van der Waals surface area contributed by atoms with Crippen molar-refractivity contribution >= 4 is 0 Å². The summed E-state index contributed by atoms with van der Waals surface area (Å²) in [5.41, 5.74) is 1.73. The number of benzene rings is 2. The van der Waals surface area contributed by atoms with Crippen molar-refractivity contribution in [3.8, 4) is 23.6 Å². The molecule has 2 aromatic carbocycles. The largest absolute Gasteiger partial charge is 0.497 e. The summed E-state index contributed by atoms with van der Waals surface area (Å²) < 4.78 is 10.7. The van der Waals surface area contributed by atoms with Gasteiger partial charge in [0.2, 0.25) is 0 Å². The molecule has 0 radical (unpaired) electrons. The van der Waals surface area contributed by atoms with Gasteiger partial charge in [0.15, 0.2) is 0 Å². The van der Waals surface area contributed by atoms with Crippen LogP contribution in [0.2, 0.25) is 0 Å². The van der Waals surface area contributed by atoms with E-state index < -0.39 is 5.92 Å². The molecule has 0 heterocycles. The summed E-state index contributed by atoms with van der Waals surface area (Å²) in [5.74, 6) is 0.613. The highest BCUT2D eigenvalue weighted by molar-refractivity contribution is 5.46. The maximum atomic E-state index is 9.68. The molecule has 0 saturated carbocycles. The lowest BCUT2D eigenvalue weighted by Crippen LogP contribution is -2.11. The number of methoxy groups -OCH3 is 2. The monoisotopic (exact) mass is 306 g/mol. The van der Waals surface area contributed by atoms with Gasteiger partial charge in [0, 0.05) is 24.0 Å². The van der Waals surface area contributed by atoms with Crippen molar-refractivity contribution in [3.63, 3.8) is 0 Å². The standard InChI is InChI=1S/C19H18N2O2/c1-22-15-8-9-17(19(12-15)23-2)16(10-11-20)18(13-21)14-6-4-3-5-7-14/h3-9,12,16,18H,10H2,1-2H3/t16-,18+/m1/s1. The van der Waals surface area contributed by atoms with E-state index in [0.29, 0.717) is 11.5 Å². The van der Waals surface area contributed by atoms with E-state index in [1.807, 2.05) is 42.5 Å². The van der Waals surface area contributed by atoms with Crippen molar-refractivity contribution in [1.82, 2.24) is 0 Å². The Kier molecular flexibility index (Phi) is 5.61. The molecule has 0 unspecified atom stereocenters. The molecule has 0 aromatic heterocycles. The van der Waals surface area contributed by atoms with Gasteiger partial charge in [-0.25, -0.2) is 0 Å². The summed E-state index contributed by atoms with van der Waals surface area (Å²) in [4.78, 5) is 0. The molecule has 0 aliphatic heterocycles. The fraction of sp³-hybridized carbons (Fsp3) is 0.263. The molecule has 4 heteroatoms. The lowest BCUT2D eigenvalue weighted by molar-refractivity contribution is 0.387. The molecule has 0 amide bonds. The summed E-state index contributed by atoms with van der Waals surface area (Å²) >= 11 is 0. The van der Waals surface area contributed by atoms with Crippen LogP contribution < -0.4 is 9.47 Å². The molecule has 0 aliphatic rings. The molecule has 0 N–H and O–H groups in total. The summed E-state index contributed by atoms with van der Waals surface area (Å²) in [6.45, 7) is 0. The topological polar surface area (TPSA) is 66.0 Å². The second-order valence-electron chi connectivity index (χ2n) is 5.09. The van der Waals surface area contributed by atoms with Gasteiger partial charge in [0.05, 0.1) is 32.3 Å². The highest BCUT2D eigenvalue weighted by Crippen LogP contribution is 2.40. The molecular weight excluding hydrogens is 288 g/mol. The van der Waals surface area contributed by atoms with Gasteiger partial charge in [-0.15, -0.1) is 0 Å². The summed E-state index contributed by atoms with van der Waals surface area (Å²) in [6.07, 6.45) is 0.232. The van der Waals surface area contributed by atoms with E-state index in [1.54, 1.807) is 20.3 Å². The number of hydrogen-bond donors (Lipinski definition) is 0. The molecule has 0 bridgehead atoms. The fourth-order valence-electron chi connectivity index (χ4n) is 2.69. The van der Waals surface area contributed by atoms with Crippen LogP contribution >= 0.6 is 0 Å². The first-order valence-electron chi connectivity index (χ1n) is 7.28. The Morgan fingerprint density at radius 3 is 2.30 bits per heavy atom. The van der Waals surface area contributed by atoms with Gasteiger partial charge < -0.3 is 9.47 Å². The van der Waals surface area contributed by atoms with Crippen molar-refractivity contribution in [3.05, 3.63) is 59.7 Å². The molecular formula is C19H18N2O2. The fourth-order valence-corrected chi connectivity index (χ4v) is 2.69. The number of nitrogens with zero attached hydrogens (tertiary/aromatic N) is 2. The van der Waals surface area contributed by atoms with Crippen molar-refractivity contribution in [2.24, 2.45) is 0 Å². The lowest BCUT2D eigenvalue weighted by atomic mass is 9.80. The maximum absolute atomic E-state index is 9.68. The zero-order chi connectivity index (χ0) is 16.7. The van der Waals surface area contributed by atoms with E-state index in [0.717, 1.165) is 11.1 Å². The van der Waals surface area contributed by atoms with Crippen LogP contribution in [-0.4, -0.2) is 14.2 Å². The van der Waals surface area contributed by atoms with Crippen molar-refractivity contribution < 1.29 is 9.47 Å². The van der Waals surface area contributed by atoms with E-state index in [1.165, 1.54) is 0 Å². The van der Waals surface area contributed by atoms with Crippen LogP contribution in [-0.2, 0) is 0 Å². The molecule has 0 aliphatic carbocycles. The van der Waals surface area contributed by atoms with Gasteiger partial charge in [-0.05, 0) is 11.6 Å². The first-order chi connectivity index (χ1) is 11.2. The zero-order valence-electron chi connectivity index (χ0n) is 13.2. The Bertz CT molecular complexity index is 729. The summed E-state index contributed by atoms with van der Waals surface area (Å²) in [7, 11) is 3.16. The van der Waals surface area contributed by atoms with Crippen molar-refractivity contribution in [2.45, 2.75) is 18.3 Å². The zero-order valence-corrected chi connectivity index (χ0v) is 13.2. The van der Waals surface area contributed by atoms with E-state index in [4.69, 9.17) is 9.47 Å². The summed E-state index contributed by atoms with van der Waals surface area (Å²) in [5, 5.41) is 18.9. The van der Waals surface area contributed by atoms with Gasteiger partial charge in [0.25, 0.3) is 0 Å². The molecule has 0 saturated heterocycles. The van der Waals surface area contributed by atoms with E-state index in [-0.39, 0.29) is 12.3 Å². The van der Waals surface area contributed by atoms with Crippen LogP contribution in [0.3, 0.4) is 0 Å². The average Bonchev–Trinajstić information content (AvgIpc) is 2.62. The molecule has 23 heavy (non-hydrogen) atoms. The molecule has 2 aromatic rings. The van der Waals surface area contributed by atoms with E-state index >= 15 is 0 Å². The van der Waals surface area contributed by atoms with Crippen LogP contribution in [0.1, 0.15) is 29.4 Å². The van der Waals surface area contributed by atoms with Crippen molar-refractivity contribution in [2.75, 3.05) is 14.2 Å². The van der Waals surface area contributed by atoms with Crippen LogP contribution in [0.4, 0.5) is 0 Å². The third-order valence-corrected chi connectivity index (χ3v) is 3.85. The Hall–Kier alpha value is -2.98. The highest BCUT2D eigenvalue weighted by atomic mass is 16.5. The SMILES string of the molecule is COc1ccc([C@@H](CC#N)[C@@H](C#N)c2ccccc2)c(OC)c1. The van der Waals surface area contributed by atoms with Gasteiger partial charge in [-0.3, -0.25) is 0 Å². The smallest absolute Gasteiger partial charge is 0.126 e. The molecule has 0 spiro atoms. The highest BCUT2D eigenvalue weighted by Gasteiger charge is 2.27. The minimum atomic E-state index is -0.418. The first-order valence-corrected chi connectivity index (χ1v) is 7.28. The van der Waals surface area contributed by atoms with Gasteiger partial charge >= 0.3 is 0 Å². The van der Waals surface area contributed by atoms with E-state index in [9.17, 15) is 10.5 Å². The molecule has 4 nitrogen and oxygen atoms in total. The quantitative estimate of drug-likeness (QED) is 0.808. The van der Waals surface area contributed by atoms with Crippen LogP contribution in [0.25, 0.3) is 0 Å². The third kappa shape index (κ3) is 3.62. The van der Waals surface area contributed by atoms with Crippen molar-refractivity contribution in [1.29, 1.82) is 10.5 Å². The van der Waals surface area contributed by atoms with Gasteiger partial charge in [-0.1, -0.05) is 36.4 Å². The Balaban J connectivity index is 2.50. The number of rotatable bonds is 6. The normalized spacial score (nSPS) is 12.5. The minimum absolute atomic E-state index is 0.232. The Morgan fingerprint density at radius 2 is 1.74 bits per heavy atom. The first kappa shape index (κ1) is 16.4. The minimum Gasteiger partial charge on any atom is -0.497 e. The van der Waals surface area contributed by atoms with Gasteiger partial charge in [0.1, 0.15) is 11.5 Å². The van der Waals surface area contributed by atoms with E-state index in [2.05, 4.69) is 12.1 Å². The molecule has 0 fully saturated rings. The Morgan fingerprint density at radius 1 is 1.00 bits per heavy atom. The molecule has 116 valence electrons. The maximum Gasteiger partial charge on any atom is 0.126 e. The molecule has 2 atom stereocenters. The second kappa shape index (κ2) is 7.87. The summed E-state index contributed by atoms with van der Waals surface area (Å²) in [6, 6.07) is 19.5. The number of hydrogen-bond acceptors (Lipinski definition) is 4. The number of nitriles is 2. The Labute approximate surface area is 136 Å². The van der Waals surface area contributed by atoms with Gasteiger partial charge in [-0.2, -0.15) is 10.5 Å².